The number of fused-ring (bicyclic) bond motifs is 1. The Hall–Kier alpha value is -1.32. The Bertz CT molecular complexity index is 408. The molecule has 0 amide bonds. The van der Waals surface area contributed by atoms with Gasteiger partial charge in [-0.1, -0.05) is 6.07 Å². The van der Waals surface area contributed by atoms with Crippen LogP contribution in [0.4, 0.5) is 0 Å². The lowest BCUT2D eigenvalue weighted by atomic mass is 10.1. The van der Waals surface area contributed by atoms with Crippen molar-refractivity contribution in [2.45, 2.75) is 6.04 Å². The Morgan fingerprint density at radius 2 is 2.15 bits per heavy atom. The first-order valence-electron chi connectivity index (χ1n) is 4.24. The van der Waals surface area contributed by atoms with Crippen molar-refractivity contribution in [3.63, 3.8) is 0 Å². The van der Waals surface area contributed by atoms with Crippen molar-refractivity contribution in [2.24, 2.45) is 11.5 Å². The predicted molar refractivity (Wildman–Crippen MR) is 52.2 cm³/mol. The van der Waals surface area contributed by atoms with Crippen LogP contribution >= 0.6 is 0 Å². The summed E-state index contributed by atoms with van der Waals surface area (Å²) in [5.41, 5.74) is 13.2. The van der Waals surface area contributed by atoms with Crippen LogP contribution in [-0.2, 0) is 0 Å². The molecule has 68 valence electrons. The van der Waals surface area contributed by atoms with Gasteiger partial charge < -0.3 is 15.9 Å². The van der Waals surface area contributed by atoms with Crippen LogP contribution in [0.5, 0.6) is 0 Å². The molecule has 1 atom stereocenters. The Balaban J connectivity index is 2.48. The van der Waals surface area contributed by atoms with E-state index < -0.39 is 0 Å². The fourth-order valence-corrected chi connectivity index (χ4v) is 1.35. The molecule has 2 rings (SSSR count). The number of hydrogen-bond acceptors (Lipinski definition) is 3. The Morgan fingerprint density at radius 1 is 1.31 bits per heavy atom. The van der Waals surface area contributed by atoms with Crippen LogP contribution in [-0.4, -0.2) is 6.54 Å². The SMILES string of the molecule is NCC(N)c1ccc2occc2c1. The molecular weight excluding hydrogens is 164 g/mol. The molecule has 0 aliphatic rings. The molecular formula is C10H12N2O. The van der Waals surface area contributed by atoms with E-state index in [2.05, 4.69) is 0 Å². The second-order valence-electron chi connectivity index (χ2n) is 3.06. The highest BCUT2D eigenvalue weighted by Crippen LogP contribution is 2.19. The largest absolute Gasteiger partial charge is 0.464 e. The minimum absolute atomic E-state index is 0.0840. The number of rotatable bonds is 2. The topological polar surface area (TPSA) is 65.2 Å². The number of furan rings is 1. The van der Waals surface area contributed by atoms with Crippen LogP contribution in [0, 0.1) is 0 Å². The van der Waals surface area contributed by atoms with Crippen LogP contribution in [0.25, 0.3) is 11.0 Å². The van der Waals surface area contributed by atoms with Gasteiger partial charge in [-0.25, -0.2) is 0 Å². The minimum atomic E-state index is -0.0840. The zero-order valence-electron chi connectivity index (χ0n) is 7.23. The van der Waals surface area contributed by atoms with Crippen LogP contribution < -0.4 is 11.5 Å². The van der Waals surface area contributed by atoms with E-state index in [1.165, 1.54) is 0 Å². The summed E-state index contributed by atoms with van der Waals surface area (Å²) in [6.07, 6.45) is 1.67. The molecule has 0 aliphatic carbocycles. The summed E-state index contributed by atoms with van der Waals surface area (Å²) in [6.45, 7) is 0.462. The van der Waals surface area contributed by atoms with Crippen LogP contribution in [0.2, 0.25) is 0 Å². The van der Waals surface area contributed by atoms with Gasteiger partial charge in [0.1, 0.15) is 5.58 Å². The second-order valence-corrected chi connectivity index (χ2v) is 3.06. The van der Waals surface area contributed by atoms with Crippen molar-refractivity contribution in [1.82, 2.24) is 0 Å². The maximum Gasteiger partial charge on any atom is 0.133 e. The lowest BCUT2D eigenvalue weighted by Gasteiger charge is -2.07. The van der Waals surface area contributed by atoms with Crippen molar-refractivity contribution in [3.8, 4) is 0 Å². The summed E-state index contributed by atoms with van der Waals surface area (Å²) in [6, 6.07) is 7.71. The molecule has 13 heavy (non-hydrogen) atoms. The molecule has 1 unspecified atom stereocenters. The van der Waals surface area contributed by atoms with Gasteiger partial charge in [0, 0.05) is 18.0 Å². The lowest BCUT2D eigenvalue weighted by molar-refractivity contribution is 0.615. The zero-order chi connectivity index (χ0) is 9.26. The molecule has 2 aromatic rings. The van der Waals surface area contributed by atoms with E-state index in [-0.39, 0.29) is 6.04 Å². The van der Waals surface area contributed by atoms with Gasteiger partial charge in [-0.15, -0.1) is 0 Å². The van der Waals surface area contributed by atoms with E-state index in [9.17, 15) is 0 Å². The van der Waals surface area contributed by atoms with Crippen LogP contribution in [0.1, 0.15) is 11.6 Å². The normalized spacial score (nSPS) is 13.4. The number of benzene rings is 1. The minimum Gasteiger partial charge on any atom is -0.464 e. The molecule has 0 saturated carbocycles. The third-order valence-corrected chi connectivity index (χ3v) is 2.16. The molecule has 0 fully saturated rings. The molecule has 1 aromatic carbocycles. The standard InChI is InChI=1S/C10H12N2O/c11-6-9(12)7-1-2-10-8(5-7)3-4-13-10/h1-5,9H,6,11-12H2. The summed E-state index contributed by atoms with van der Waals surface area (Å²) in [5, 5.41) is 1.07. The van der Waals surface area contributed by atoms with Crippen molar-refractivity contribution in [3.05, 3.63) is 36.1 Å². The van der Waals surface area contributed by atoms with Gasteiger partial charge in [0.15, 0.2) is 0 Å². The van der Waals surface area contributed by atoms with Crippen LogP contribution in [0.15, 0.2) is 34.9 Å². The lowest BCUT2D eigenvalue weighted by Crippen LogP contribution is -2.20. The van der Waals surface area contributed by atoms with Gasteiger partial charge in [0.25, 0.3) is 0 Å². The van der Waals surface area contributed by atoms with E-state index in [0.717, 1.165) is 16.5 Å². The molecule has 3 heteroatoms. The summed E-state index contributed by atoms with van der Waals surface area (Å²) in [7, 11) is 0. The quantitative estimate of drug-likeness (QED) is 0.726. The highest BCUT2D eigenvalue weighted by Gasteiger charge is 2.04. The molecule has 0 saturated heterocycles. The maximum atomic E-state index is 5.80. The van der Waals surface area contributed by atoms with E-state index in [1.807, 2.05) is 24.3 Å². The molecule has 0 spiro atoms. The van der Waals surface area contributed by atoms with Gasteiger partial charge in [0.05, 0.1) is 6.26 Å². The summed E-state index contributed by atoms with van der Waals surface area (Å²) < 4.78 is 5.21. The van der Waals surface area contributed by atoms with Gasteiger partial charge in [-0.3, -0.25) is 0 Å². The Kier molecular flexibility index (Phi) is 2.04. The average Bonchev–Trinajstić information content (AvgIpc) is 2.63. The first-order valence-corrected chi connectivity index (χ1v) is 4.24. The molecule has 4 N–H and O–H groups in total. The predicted octanol–water partition coefficient (Wildman–Crippen LogP) is 1.39. The summed E-state index contributed by atoms with van der Waals surface area (Å²) in [5.74, 6) is 0. The Morgan fingerprint density at radius 3 is 2.92 bits per heavy atom. The molecule has 1 aromatic heterocycles. The zero-order valence-corrected chi connectivity index (χ0v) is 7.23. The molecule has 3 nitrogen and oxygen atoms in total. The molecule has 1 heterocycles. The second kappa shape index (κ2) is 3.20. The van der Waals surface area contributed by atoms with Gasteiger partial charge in [0.2, 0.25) is 0 Å². The number of hydrogen-bond donors (Lipinski definition) is 2. The third-order valence-electron chi connectivity index (χ3n) is 2.16. The van der Waals surface area contributed by atoms with Gasteiger partial charge in [-0.2, -0.15) is 0 Å². The fourth-order valence-electron chi connectivity index (χ4n) is 1.35. The van der Waals surface area contributed by atoms with E-state index in [1.54, 1.807) is 6.26 Å². The van der Waals surface area contributed by atoms with Crippen molar-refractivity contribution in [2.75, 3.05) is 6.54 Å². The summed E-state index contributed by atoms with van der Waals surface area (Å²) in [4.78, 5) is 0. The maximum absolute atomic E-state index is 5.80. The number of nitrogens with two attached hydrogens (primary N) is 2. The van der Waals surface area contributed by atoms with Crippen molar-refractivity contribution in [1.29, 1.82) is 0 Å². The first-order chi connectivity index (χ1) is 6.31. The molecule has 0 bridgehead atoms. The van der Waals surface area contributed by atoms with Crippen molar-refractivity contribution >= 4 is 11.0 Å². The van der Waals surface area contributed by atoms with E-state index in [0.29, 0.717) is 6.54 Å². The highest BCUT2D eigenvalue weighted by atomic mass is 16.3. The van der Waals surface area contributed by atoms with Gasteiger partial charge in [-0.05, 0) is 23.8 Å². The molecule has 0 aliphatic heterocycles. The monoisotopic (exact) mass is 176 g/mol. The first kappa shape index (κ1) is 8.29. The highest BCUT2D eigenvalue weighted by molar-refractivity contribution is 5.77. The third kappa shape index (κ3) is 1.43. The smallest absolute Gasteiger partial charge is 0.133 e. The summed E-state index contributed by atoms with van der Waals surface area (Å²) >= 11 is 0. The van der Waals surface area contributed by atoms with Gasteiger partial charge >= 0.3 is 0 Å². The molecule has 0 radical (unpaired) electrons. The fraction of sp³-hybridized carbons (Fsp3) is 0.200. The van der Waals surface area contributed by atoms with E-state index in [4.69, 9.17) is 15.9 Å². The Labute approximate surface area is 76.3 Å². The van der Waals surface area contributed by atoms with Crippen LogP contribution in [0.3, 0.4) is 0 Å². The van der Waals surface area contributed by atoms with Crippen molar-refractivity contribution < 1.29 is 4.42 Å². The average molecular weight is 176 g/mol. The van der Waals surface area contributed by atoms with E-state index >= 15 is 0 Å².